The molecule has 0 fully saturated rings. The zero-order chi connectivity index (χ0) is 19.0. The Bertz CT molecular complexity index is 995. The van der Waals surface area contributed by atoms with Crippen LogP contribution in [0.1, 0.15) is 23.5 Å². The lowest BCUT2D eigenvalue weighted by atomic mass is 9.83. The van der Waals surface area contributed by atoms with Gasteiger partial charge in [0.1, 0.15) is 11.5 Å². The number of amides is 1. The van der Waals surface area contributed by atoms with Crippen LogP contribution < -0.4 is 14.8 Å². The Morgan fingerprint density at radius 1 is 1.15 bits per heavy atom. The molecule has 2 heterocycles. The maximum Gasteiger partial charge on any atom is 0.225 e. The molecule has 1 amide bonds. The number of carbonyl (C=O) groups excluding carboxylic acids is 1. The fourth-order valence-corrected chi connectivity index (χ4v) is 3.69. The molecule has 0 aliphatic carbocycles. The zero-order valence-electron chi connectivity index (χ0n) is 15.5. The van der Waals surface area contributed by atoms with E-state index in [0.29, 0.717) is 17.9 Å². The molecule has 3 aromatic rings. The highest BCUT2D eigenvalue weighted by molar-refractivity contribution is 5.96. The number of aromatic nitrogens is 2. The van der Waals surface area contributed by atoms with Crippen LogP contribution in [0, 0.1) is 0 Å². The third-order valence-electron chi connectivity index (χ3n) is 4.86. The van der Waals surface area contributed by atoms with Crippen molar-refractivity contribution in [3.63, 3.8) is 0 Å². The van der Waals surface area contributed by atoms with Crippen LogP contribution in [0.25, 0.3) is 11.3 Å². The molecule has 0 bridgehead atoms. The van der Waals surface area contributed by atoms with Crippen LogP contribution in [0.3, 0.4) is 0 Å². The number of aryl methyl sites for hydroxylation is 1. The van der Waals surface area contributed by atoms with Crippen LogP contribution >= 0.6 is 0 Å². The van der Waals surface area contributed by atoms with Gasteiger partial charge in [0, 0.05) is 54.4 Å². The van der Waals surface area contributed by atoms with E-state index in [4.69, 9.17) is 9.47 Å². The van der Waals surface area contributed by atoms with Crippen molar-refractivity contribution in [1.29, 1.82) is 0 Å². The first kappa shape index (κ1) is 17.1. The minimum Gasteiger partial charge on any atom is -0.497 e. The Morgan fingerprint density at radius 3 is 2.63 bits per heavy atom. The topological polar surface area (TPSA) is 65.4 Å². The van der Waals surface area contributed by atoms with Gasteiger partial charge in [0.2, 0.25) is 5.91 Å². The summed E-state index contributed by atoms with van der Waals surface area (Å²) in [7, 11) is 5.12. The van der Waals surface area contributed by atoms with Crippen molar-refractivity contribution in [1.82, 2.24) is 9.78 Å². The summed E-state index contributed by atoms with van der Waals surface area (Å²) in [5.74, 6) is 1.14. The molecule has 0 spiro atoms. The van der Waals surface area contributed by atoms with Gasteiger partial charge in [-0.25, -0.2) is 0 Å². The van der Waals surface area contributed by atoms with Gasteiger partial charge >= 0.3 is 0 Å². The Hall–Kier alpha value is -3.28. The summed E-state index contributed by atoms with van der Waals surface area (Å²) in [4.78, 5) is 12.4. The molecule has 1 unspecified atom stereocenters. The number of nitrogens with zero attached hydrogens (tertiary/aromatic N) is 2. The highest BCUT2D eigenvalue weighted by atomic mass is 16.5. The fraction of sp³-hybridized carbons (Fsp3) is 0.238. The van der Waals surface area contributed by atoms with E-state index in [1.54, 1.807) is 18.9 Å². The summed E-state index contributed by atoms with van der Waals surface area (Å²) in [6.07, 6.45) is 2.32. The van der Waals surface area contributed by atoms with Gasteiger partial charge in [0.25, 0.3) is 0 Å². The minimum absolute atomic E-state index is 0.0364. The summed E-state index contributed by atoms with van der Waals surface area (Å²) in [6, 6.07) is 13.7. The summed E-state index contributed by atoms with van der Waals surface area (Å²) in [5, 5.41) is 7.61. The molecule has 4 rings (SSSR count). The molecule has 2 aromatic carbocycles. The Balaban J connectivity index is 1.91. The van der Waals surface area contributed by atoms with Crippen molar-refractivity contribution < 1.29 is 14.3 Å². The zero-order valence-corrected chi connectivity index (χ0v) is 15.5. The van der Waals surface area contributed by atoms with Gasteiger partial charge in [0.15, 0.2) is 0 Å². The van der Waals surface area contributed by atoms with Crippen molar-refractivity contribution >= 4 is 11.6 Å². The molecule has 1 aromatic heterocycles. The molecule has 6 heteroatoms. The van der Waals surface area contributed by atoms with Gasteiger partial charge < -0.3 is 14.8 Å². The molecule has 0 saturated heterocycles. The third kappa shape index (κ3) is 3.03. The molecule has 1 atom stereocenters. The number of hydrogen-bond donors (Lipinski definition) is 1. The Labute approximate surface area is 157 Å². The number of ether oxygens (including phenoxy) is 2. The molecular formula is C21H21N3O3. The van der Waals surface area contributed by atoms with E-state index in [1.165, 1.54) is 0 Å². The first-order valence-corrected chi connectivity index (χ1v) is 8.75. The molecule has 0 saturated carbocycles. The number of rotatable bonds is 4. The second-order valence-electron chi connectivity index (χ2n) is 6.57. The van der Waals surface area contributed by atoms with E-state index < -0.39 is 0 Å². The smallest absolute Gasteiger partial charge is 0.225 e. The van der Waals surface area contributed by atoms with E-state index in [9.17, 15) is 4.79 Å². The summed E-state index contributed by atoms with van der Waals surface area (Å²) >= 11 is 0. The van der Waals surface area contributed by atoms with Crippen LogP contribution in [0.2, 0.25) is 0 Å². The maximum absolute atomic E-state index is 12.4. The number of methoxy groups -OCH3 is 2. The van der Waals surface area contributed by atoms with Crippen LogP contribution in [-0.2, 0) is 11.8 Å². The van der Waals surface area contributed by atoms with Gasteiger partial charge in [-0.15, -0.1) is 0 Å². The summed E-state index contributed by atoms with van der Waals surface area (Å²) < 4.78 is 12.8. The molecule has 1 N–H and O–H groups in total. The van der Waals surface area contributed by atoms with Gasteiger partial charge in [0.05, 0.1) is 25.6 Å². The van der Waals surface area contributed by atoms with Crippen molar-refractivity contribution in [3.8, 4) is 22.8 Å². The van der Waals surface area contributed by atoms with E-state index in [-0.39, 0.29) is 11.8 Å². The van der Waals surface area contributed by atoms with Crippen LogP contribution in [0.15, 0.2) is 48.7 Å². The van der Waals surface area contributed by atoms with Gasteiger partial charge in [-0.05, 0) is 0 Å². The van der Waals surface area contributed by atoms with Crippen LogP contribution in [0.4, 0.5) is 5.69 Å². The predicted molar refractivity (Wildman–Crippen MR) is 103 cm³/mol. The molecule has 0 radical (unpaired) electrons. The average molecular weight is 363 g/mol. The summed E-state index contributed by atoms with van der Waals surface area (Å²) in [5.41, 5.74) is 4.57. The van der Waals surface area contributed by atoms with E-state index in [2.05, 4.69) is 10.4 Å². The van der Waals surface area contributed by atoms with E-state index in [1.807, 2.05) is 55.7 Å². The highest BCUT2D eigenvalue weighted by Gasteiger charge is 2.33. The molecule has 6 nitrogen and oxygen atoms in total. The average Bonchev–Trinajstić information content (AvgIpc) is 3.08. The lowest BCUT2D eigenvalue weighted by molar-refractivity contribution is -0.116. The number of anilines is 1. The predicted octanol–water partition coefficient (Wildman–Crippen LogP) is 3.58. The van der Waals surface area contributed by atoms with Crippen LogP contribution in [0.5, 0.6) is 11.5 Å². The van der Waals surface area contributed by atoms with Gasteiger partial charge in [-0.2, -0.15) is 5.10 Å². The quantitative estimate of drug-likeness (QED) is 0.769. The number of fused-ring (bicyclic) bond motifs is 1. The minimum atomic E-state index is -0.154. The number of carbonyl (C=O) groups is 1. The second-order valence-corrected chi connectivity index (χ2v) is 6.57. The number of hydrogen-bond acceptors (Lipinski definition) is 4. The van der Waals surface area contributed by atoms with E-state index in [0.717, 1.165) is 28.1 Å². The van der Waals surface area contributed by atoms with Gasteiger partial charge in [-0.1, -0.05) is 30.3 Å². The SMILES string of the molecule is COc1cc2c(c(OC)c1)C(c1cn(C)nc1-c1ccccc1)CC(=O)N2. The molecular weight excluding hydrogens is 342 g/mol. The first-order valence-electron chi connectivity index (χ1n) is 8.75. The molecule has 138 valence electrons. The number of nitrogens with one attached hydrogen (secondary N) is 1. The standard InChI is InChI=1S/C21H21N3O3/c1-24-12-16(21(23-24)13-7-5-4-6-8-13)15-11-19(25)22-17-9-14(26-2)10-18(27-3)20(15)17/h4-10,12,15H,11H2,1-3H3,(H,22,25). The fourth-order valence-electron chi connectivity index (χ4n) is 3.69. The van der Waals surface area contributed by atoms with Crippen molar-refractivity contribution in [2.45, 2.75) is 12.3 Å². The highest BCUT2D eigenvalue weighted by Crippen LogP contribution is 2.46. The maximum atomic E-state index is 12.4. The third-order valence-corrected chi connectivity index (χ3v) is 4.86. The normalized spacial score (nSPS) is 15.8. The Morgan fingerprint density at radius 2 is 1.93 bits per heavy atom. The van der Waals surface area contributed by atoms with Crippen LogP contribution in [-0.4, -0.2) is 29.9 Å². The molecule has 1 aliphatic heterocycles. The lowest BCUT2D eigenvalue weighted by Crippen LogP contribution is -2.24. The lowest BCUT2D eigenvalue weighted by Gasteiger charge is -2.28. The van der Waals surface area contributed by atoms with Gasteiger partial charge in [-0.3, -0.25) is 9.48 Å². The Kier molecular flexibility index (Phi) is 4.32. The van der Waals surface area contributed by atoms with Crippen molar-refractivity contribution in [2.75, 3.05) is 19.5 Å². The summed E-state index contributed by atoms with van der Waals surface area (Å²) in [6.45, 7) is 0. The van der Waals surface area contributed by atoms with Crippen molar-refractivity contribution in [3.05, 3.63) is 59.8 Å². The molecule has 1 aliphatic rings. The second kappa shape index (κ2) is 6.79. The van der Waals surface area contributed by atoms with E-state index >= 15 is 0 Å². The van der Waals surface area contributed by atoms with Crippen molar-refractivity contribution in [2.24, 2.45) is 7.05 Å². The first-order chi connectivity index (χ1) is 13.1. The number of benzene rings is 2. The monoisotopic (exact) mass is 363 g/mol. The largest absolute Gasteiger partial charge is 0.497 e. The molecule has 27 heavy (non-hydrogen) atoms.